The van der Waals surface area contributed by atoms with Crippen LogP contribution in [0.1, 0.15) is 51.5 Å². The molecule has 176 valence electrons. The predicted octanol–water partition coefficient (Wildman–Crippen LogP) is 4.18. The topological polar surface area (TPSA) is 79.3 Å². The van der Waals surface area contributed by atoms with Crippen molar-refractivity contribution in [2.75, 3.05) is 32.8 Å². The minimum absolute atomic E-state index is 0.0435. The van der Waals surface area contributed by atoms with E-state index in [1.807, 2.05) is 39.0 Å². The van der Waals surface area contributed by atoms with Crippen LogP contribution in [-0.2, 0) is 9.47 Å². The van der Waals surface area contributed by atoms with Crippen molar-refractivity contribution in [2.24, 2.45) is 5.41 Å². The predicted molar refractivity (Wildman–Crippen MR) is 122 cm³/mol. The third kappa shape index (κ3) is 6.03. The molecule has 0 bridgehead atoms. The van der Waals surface area contributed by atoms with Crippen LogP contribution in [0.3, 0.4) is 0 Å². The maximum absolute atomic E-state index is 12.9. The molecule has 1 heterocycles. The Balaban J connectivity index is 1.68. The number of nitrogens with zero attached hydrogens (tertiary/aromatic N) is 2. The smallest absolute Gasteiger partial charge is 0.410 e. The Bertz CT molecular complexity index is 796. The van der Waals surface area contributed by atoms with Crippen LogP contribution in [-0.4, -0.2) is 71.6 Å². The lowest BCUT2D eigenvalue weighted by Gasteiger charge is -2.43. The summed E-state index contributed by atoms with van der Waals surface area (Å²) in [5, 5.41) is 10.3. The van der Waals surface area contributed by atoms with Crippen molar-refractivity contribution in [1.29, 1.82) is 0 Å². The summed E-state index contributed by atoms with van der Waals surface area (Å²) in [4.78, 5) is 28.8. The molecule has 2 atom stereocenters. The number of hydrogen-bond acceptors (Lipinski definition) is 5. The molecule has 2 aliphatic rings. The van der Waals surface area contributed by atoms with Gasteiger partial charge >= 0.3 is 12.2 Å². The molecule has 1 aromatic carbocycles. The number of piperidine rings is 1. The second kappa shape index (κ2) is 9.94. The lowest BCUT2D eigenvalue weighted by atomic mass is 9.78. The molecule has 1 aromatic rings. The zero-order chi connectivity index (χ0) is 23.4. The molecular formula is C25H36N2O5. The number of carbonyl (C=O) groups excluding carboxylic acids is 2. The second-order valence-electron chi connectivity index (χ2n) is 9.94. The van der Waals surface area contributed by atoms with Gasteiger partial charge in [-0.25, -0.2) is 9.59 Å². The maximum atomic E-state index is 12.9. The Hall–Kier alpha value is -2.54. The van der Waals surface area contributed by atoms with Crippen LogP contribution in [0.25, 0.3) is 0 Å². The maximum Gasteiger partial charge on any atom is 0.410 e. The van der Waals surface area contributed by atoms with E-state index in [-0.39, 0.29) is 37.4 Å². The van der Waals surface area contributed by atoms with Gasteiger partial charge in [0, 0.05) is 37.0 Å². The molecule has 3 rings (SSSR count). The molecule has 32 heavy (non-hydrogen) atoms. The van der Waals surface area contributed by atoms with Crippen LogP contribution in [0.5, 0.6) is 0 Å². The molecule has 2 amide bonds. The van der Waals surface area contributed by atoms with E-state index in [1.165, 1.54) is 5.56 Å². The van der Waals surface area contributed by atoms with Crippen molar-refractivity contribution in [2.45, 2.75) is 57.6 Å². The van der Waals surface area contributed by atoms with Crippen LogP contribution in [0.15, 0.2) is 43.0 Å². The number of likely N-dealkylation sites (tertiary alicyclic amines) is 1. The Morgan fingerprint density at radius 3 is 2.47 bits per heavy atom. The summed E-state index contributed by atoms with van der Waals surface area (Å²) in [6.07, 6.45) is 2.90. The summed E-state index contributed by atoms with van der Waals surface area (Å²) < 4.78 is 10.9. The number of carbonyl (C=O) groups is 2. The van der Waals surface area contributed by atoms with Crippen molar-refractivity contribution >= 4 is 12.2 Å². The van der Waals surface area contributed by atoms with E-state index in [9.17, 15) is 14.7 Å². The molecule has 2 fully saturated rings. The Morgan fingerprint density at radius 2 is 1.91 bits per heavy atom. The summed E-state index contributed by atoms with van der Waals surface area (Å²) >= 11 is 0. The number of aliphatic hydroxyl groups excluding tert-OH is 1. The van der Waals surface area contributed by atoms with Gasteiger partial charge in [0.2, 0.25) is 0 Å². The van der Waals surface area contributed by atoms with Gasteiger partial charge in [-0.3, -0.25) is 0 Å². The lowest BCUT2D eigenvalue weighted by molar-refractivity contribution is -0.0121. The lowest BCUT2D eigenvalue weighted by Crippen LogP contribution is -2.52. The first kappa shape index (κ1) is 24.1. The number of benzene rings is 1. The molecule has 0 aromatic heterocycles. The zero-order valence-electron chi connectivity index (χ0n) is 19.5. The monoisotopic (exact) mass is 444 g/mol. The minimum atomic E-state index is -0.549. The highest BCUT2D eigenvalue weighted by Crippen LogP contribution is 2.46. The fourth-order valence-corrected chi connectivity index (χ4v) is 4.33. The third-order valence-electron chi connectivity index (χ3n) is 6.26. The van der Waals surface area contributed by atoms with Gasteiger partial charge in [0.05, 0.1) is 6.61 Å². The molecule has 7 heteroatoms. The fourth-order valence-electron chi connectivity index (χ4n) is 4.33. The first-order valence-electron chi connectivity index (χ1n) is 11.4. The van der Waals surface area contributed by atoms with Crippen LogP contribution < -0.4 is 0 Å². The van der Waals surface area contributed by atoms with E-state index in [0.717, 1.165) is 6.42 Å². The SMILES string of the molecule is C=CCOC(=O)N(CC1(CO)CCN(C(=O)OC(C)(C)C)CC1)C1CC1c1ccccc1. The molecule has 1 saturated carbocycles. The van der Waals surface area contributed by atoms with Gasteiger partial charge in [0.25, 0.3) is 0 Å². The van der Waals surface area contributed by atoms with Crippen molar-refractivity contribution in [3.8, 4) is 0 Å². The third-order valence-corrected chi connectivity index (χ3v) is 6.26. The molecule has 1 saturated heterocycles. The first-order chi connectivity index (χ1) is 15.2. The Morgan fingerprint density at radius 1 is 1.25 bits per heavy atom. The summed E-state index contributed by atoms with van der Waals surface area (Å²) in [7, 11) is 0. The van der Waals surface area contributed by atoms with Crippen LogP contribution in [0.4, 0.5) is 9.59 Å². The number of hydrogen-bond donors (Lipinski definition) is 1. The summed E-state index contributed by atoms with van der Waals surface area (Å²) in [6.45, 7) is 10.6. The molecule has 7 nitrogen and oxygen atoms in total. The molecule has 0 spiro atoms. The van der Waals surface area contributed by atoms with E-state index >= 15 is 0 Å². The highest BCUT2D eigenvalue weighted by atomic mass is 16.6. The van der Waals surface area contributed by atoms with E-state index in [0.29, 0.717) is 32.5 Å². The van der Waals surface area contributed by atoms with E-state index < -0.39 is 11.0 Å². The van der Waals surface area contributed by atoms with Crippen molar-refractivity contribution in [1.82, 2.24) is 9.80 Å². The summed E-state index contributed by atoms with van der Waals surface area (Å²) in [5.74, 6) is 0.269. The van der Waals surface area contributed by atoms with Crippen LogP contribution in [0, 0.1) is 5.41 Å². The van der Waals surface area contributed by atoms with Crippen molar-refractivity contribution < 1.29 is 24.2 Å². The van der Waals surface area contributed by atoms with Gasteiger partial charge in [-0.05, 0) is 45.6 Å². The van der Waals surface area contributed by atoms with Gasteiger partial charge < -0.3 is 24.4 Å². The standard InChI is InChI=1S/C25H36N2O5/c1-5-15-31-23(30)27(21-16-20(21)19-9-7-6-8-10-19)17-25(18-28)11-13-26(14-12-25)22(29)32-24(2,3)4/h5-10,20-21,28H,1,11-18H2,2-4H3. The first-order valence-corrected chi connectivity index (χ1v) is 11.4. The summed E-state index contributed by atoms with van der Waals surface area (Å²) in [6, 6.07) is 10.2. The average molecular weight is 445 g/mol. The van der Waals surface area contributed by atoms with E-state index in [2.05, 4.69) is 18.7 Å². The highest BCUT2D eigenvalue weighted by Gasteiger charge is 2.49. The van der Waals surface area contributed by atoms with E-state index in [4.69, 9.17) is 9.47 Å². The average Bonchev–Trinajstić information content (AvgIpc) is 3.56. The van der Waals surface area contributed by atoms with Gasteiger partial charge in [-0.2, -0.15) is 0 Å². The second-order valence-corrected chi connectivity index (χ2v) is 9.94. The molecular weight excluding hydrogens is 408 g/mol. The number of aliphatic hydroxyl groups is 1. The molecule has 1 aliphatic heterocycles. The molecule has 0 radical (unpaired) electrons. The van der Waals surface area contributed by atoms with Gasteiger partial charge in [-0.1, -0.05) is 43.0 Å². The quantitative estimate of drug-likeness (QED) is 0.639. The summed E-state index contributed by atoms with van der Waals surface area (Å²) in [5.41, 5.74) is 0.180. The van der Waals surface area contributed by atoms with Gasteiger partial charge in [-0.15, -0.1) is 0 Å². The van der Waals surface area contributed by atoms with Gasteiger partial charge in [0.15, 0.2) is 0 Å². The van der Waals surface area contributed by atoms with Crippen LogP contribution in [0.2, 0.25) is 0 Å². The Labute approximate surface area is 191 Å². The Kier molecular flexibility index (Phi) is 7.49. The van der Waals surface area contributed by atoms with Crippen molar-refractivity contribution in [3.63, 3.8) is 0 Å². The highest BCUT2D eigenvalue weighted by molar-refractivity contribution is 5.69. The number of ether oxygens (including phenoxy) is 2. The largest absolute Gasteiger partial charge is 0.445 e. The van der Waals surface area contributed by atoms with Gasteiger partial charge in [0.1, 0.15) is 12.2 Å². The van der Waals surface area contributed by atoms with Crippen LogP contribution >= 0.6 is 0 Å². The van der Waals surface area contributed by atoms with E-state index in [1.54, 1.807) is 15.9 Å². The normalized spacial score (nSPS) is 22.1. The molecule has 2 unspecified atom stereocenters. The number of amides is 2. The van der Waals surface area contributed by atoms with Crippen molar-refractivity contribution in [3.05, 3.63) is 48.6 Å². The number of rotatable bonds is 7. The minimum Gasteiger partial charge on any atom is -0.445 e. The molecule has 1 N–H and O–H groups in total. The zero-order valence-corrected chi connectivity index (χ0v) is 19.5. The fraction of sp³-hybridized carbons (Fsp3) is 0.600. The molecule has 1 aliphatic carbocycles.